The van der Waals surface area contributed by atoms with Crippen LogP contribution in [0.1, 0.15) is 30.8 Å². The first-order valence-corrected chi connectivity index (χ1v) is 12.5. The van der Waals surface area contributed by atoms with E-state index >= 15 is 0 Å². The van der Waals surface area contributed by atoms with Gasteiger partial charge in [0, 0.05) is 36.7 Å². The molecule has 12 heteroatoms. The van der Waals surface area contributed by atoms with Gasteiger partial charge in [0.2, 0.25) is 0 Å². The second kappa shape index (κ2) is 13.7. The number of hydrogen-bond acceptors (Lipinski definition) is 8. The molecule has 0 radical (unpaired) electrons. The number of nitriles is 2. The Hall–Kier alpha value is -5.23. The largest absolute Gasteiger partial charge is 0.678 e. The molecule has 0 unspecified atom stereocenters. The molecule has 0 atom stereocenters. The van der Waals surface area contributed by atoms with E-state index in [2.05, 4.69) is 4.99 Å². The van der Waals surface area contributed by atoms with E-state index in [0.717, 1.165) is 11.8 Å². The van der Waals surface area contributed by atoms with Crippen molar-refractivity contribution in [2.75, 3.05) is 32.2 Å². The highest BCUT2D eigenvalue weighted by Gasteiger charge is 2.28. The van der Waals surface area contributed by atoms with E-state index in [-0.39, 0.29) is 41.6 Å². The van der Waals surface area contributed by atoms with Gasteiger partial charge in [0.25, 0.3) is 0 Å². The van der Waals surface area contributed by atoms with Crippen molar-refractivity contribution in [3.05, 3.63) is 88.4 Å². The highest BCUT2D eigenvalue weighted by atomic mass is 19.2. The fraction of sp³-hybridized carbons (Fsp3) is 0.207. The number of carbonyl (C=O) groups is 2. The smallest absolute Gasteiger partial charge is 0.462 e. The maximum atomic E-state index is 14.6. The Labute approximate surface area is 236 Å². The van der Waals surface area contributed by atoms with E-state index in [1.54, 1.807) is 50.3 Å². The number of rotatable bonds is 10. The third-order valence-electron chi connectivity index (χ3n) is 5.81. The van der Waals surface area contributed by atoms with Crippen LogP contribution in [-0.4, -0.2) is 56.8 Å². The van der Waals surface area contributed by atoms with E-state index in [1.165, 1.54) is 18.2 Å². The first-order valence-electron chi connectivity index (χ1n) is 12.5. The van der Waals surface area contributed by atoms with Crippen molar-refractivity contribution in [3.8, 4) is 12.1 Å². The number of aliphatic imine (C=N–C) groups is 1. The van der Waals surface area contributed by atoms with Crippen molar-refractivity contribution in [3.63, 3.8) is 0 Å². The molecular formula is C29H26BF2N5O4. The third kappa shape index (κ3) is 7.05. The van der Waals surface area contributed by atoms with Gasteiger partial charge in [-0.1, -0.05) is 12.1 Å². The average molecular weight is 557 g/mol. The number of anilines is 1. The summed E-state index contributed by atoms with van der Waals surface area (Å²) in [7, 11) is 0.682. The van der Waals surface area contributed by atoms with Crippen molar-refractivity contribution >= 4 is 42.4 Å². The van der Waals surface area contributed by atoms with E-state index < -0.39 is 24.9 Å². The van der Waals surface area contributed by atoms with E-state index in [0.29, 0.717) is 15.6 Å². The predicted octanol–water partition coefficient (Wildman–Crippen LogP) is 4.58. The molecular weight excluding hydrogens is 531 g/mol. The summed E-state index contributed by atoms with van der Waals surface area (Å²) >= 11 is 0. The molecule has 1 aromatic carbocycles. The summed E-state index contributed by atoms with van der Waals surface area (Å²) in [5, 5.41) is 18.8. The van der Waals surface area contributed by atoms with Crippen molar-refractivity contribution in [1.82, 2.24) is 4.48 Å². The fourth-order valence-electron chi connectivity index (χ4n) is 3.94. The maximum absolute atomic E-state index is 14.6. The van der Waals surface area contributed by atoms with Crippen LogP contribution in [0.5, 0.6) is 0 Å². The van der Waals surface area contributed by atoms with Crippen LogP contribution in [0.2, 0.25) is 0 Å². The topological polar surface area (TPSA) is 121 Å². The van der Waals surface area contributed by atoms with Gasteiger partial charge in [-0.3, -0.25) is 8.63 Å². The van der Waals surface area contributed by atoms with Gasteiger partial charge in [-0.2, -0.15) is 10.5 Å². The van der Waals surface area contributed by atoms with Crippen molar-refractivity contribution < 1.29 is 27.7 Å². The van der Waals surface area contributed by atoms with Crippen LogP contribution < -0.4 is 4.90 Å². The summed E-state index contributed by atoms with van der Waals surface area (Å²) in [6.07, 6.45) is 5.43. The lowest BCUT2D eigenvalue weighted by Gasteiger charge is -2.16. The normalized spacial score (nSPS) is 14.1. The van der Waals surface area contributed by atoms with E-state index in [9.17, 15) is 28.7 Å². The van der Waals surface area contributed by atoms with Crippen molar-refractivity contribution in [2.24, 2.45) is 4.99 Å². The molecule has 0 bridgehead atoms. The molecule has 2 aromatic rings. The highest BCUT2D eigenvalue weighted by molar-refractivity contribution is 6.42. The molecule has 208 valence electrons. The summed E-state index contributed by atoms with van der Waals surface area (Å²) in [5.41, 5.74) is 1.55. The zero-order valence-corrected chi connectivity index (χ0v) is 22.9. The molecule has 0 saturated heterocycles. The Morgan fingerprint density at radius 1 is 0.951 bits per heavy atom. The lowest BCUT2D eigenvalue weighted by atomic mass is 9.98. The molecule has 41 heavy (non-hydrogen) atoms. The van der Waals surface area contributed by atoms with Crippen LogP contribution in [0.4, 0.5) is 14.3 Å². The average Bonchev–Trinajstić information content (AvgIpc) is 3.58. The van der Waals surface area contributed by atoms with Gasteiger partial charge < -0.3 is 18.9 Å². The fourth-order valence-corrected chi connectivity index (χ4v) is 3.94. The number of hydrogen-bond donors (Lipinski definition) is 0. The van der Waals surface area contributed by atoms with Gasteiger partial charge in [0.15, 0.2) is 0 Å². The summed E-state index contributed by atoms with van der Waals surface area (Å²) in [6.45, 7) is 3.28. The second-order valence-corrected chi connectivity index (χ2v) is 8.64. The number of aromatic nitrogens is 1. The maximum Gasteiger partial charge on any atom is 0.678 e. The van der Waals surface area contributed by atoms with Gasteiger partial charge in [-0.05, 0) is 68.0 Å². The monoisotopic (exact) mass is 557 g/mol. The molecule has 2 heterocycles. The van der Waals surface area contributed by atoms with Gasteiger partial charge in [-0.15, -0.1) is 0 Å². The number of allylic oxidation sites excluding steroid dienone is 3. The van der Waals surface area contributed by atoms with E-state index in [4.69, 9.17) is 9.47 Å². The third-order valence-corrected chi connectivity index (χ3v) is 5.81. The SMILES string of the molecule is CCOC(=O)/C(C#N)=C/C1=NC(=C(/c2ccc(N(C)C)cc2)c2ccc(/C=C(\C#N)C(=O)OCC)n2B(F)F)/C=C1. The minimum Gasteiger partial charge on any atom is -0.462 e. The van der Waals surface area contributed by atoms with Crippen LogP contribution in [-0.2, 0) is 19.1 Å². The van der Waals surface area contributed by atoms with Gasteiger partial charge in [0.1, 0.15) is 23.3 Å². The van der Waals surface area contributed by atoms with Crippen LogP contribution >= 0.6 is 0 Å². The van der Waals surface area contributed by atoms with Crippen LogP contribution in [0.3, 0.4) is 0 Å². The Morgan fingerprint density at radius 2 is 1.54 bits per heavy atom. The zero-order valence-electron chi connectivity index (χ0n) is 22.9. The lowest BCUT2D eigenvalue weighted by Crippen LogP contribution is -2.18. The van der Waals surface area contributed by atoms with Gasteiger partial charge in [0.05, 0.1) is 24.6 Å². The molecule has 0 amide bonds. The minimum atomic E-state index is -3.05. The quantitative estimate of drug-likeness (QED) is 0.182. The minimum absolute atomic E-state index is 0.0168. The number of carbonyl (C=O) groups excluding carboxylic acids is 2. The number of benzene rings is 1. The molecule has 0 N–H and O–H groups in total. The summed E-state index contributed by atoms with van der Waals surface area (Å²) < 4.78 is 39.6. The molecule has 3 rings (SSSR count). The number of esters is 2. The van der Waals surface area contributed by atoms with Crippen molar-refractivity contribution in [1.29, 1.82) is 10.5 Å². The Balaban J connectivity index is 2.26. The molecule has 0 spiro atoms. The molecule has 9 nitrogen and oxygen atoms in total. The molecule has 1 aliphatic rings. The zero-order chi connectivity index (χ0) is 30.1. The Bertz CT molecular complexity index is 1570. The highest BCUT2D eigenvalue weighted by Crippen LogP contribution is 2.34. The molecule has 0 saturated carbocycles. The van der Waals surface area contributed by atoms with Crippen molar-refractivity contribution in [2.45, 2.75) is 13.8 Å². The molecule has 0 aliphatic carbocycles. The number of halogens is 2. The second-order valence-electron chi connectivity index (χ2n) is 8.64. The number of nitrogens with zero attached hydrogens (tertiary/aromatic N) is 5. The standard InChI is InChI=1S/C29H26BF2N5O4/c1-5-40-28(38)20(17-33)15-22-9-13-25(35-22)27(19-7-10-23(11-8-19)36(3)4)26-14-12-24(37(26)30(31)32)16-21(18-34)29(39)41-6-2/h7-16H,5-6H2,1-4H3/b20-15+,21-16+,27-25-. The van der Waals surface area contributed by atoms with Crippen LogP contribution in [0, 0.1) is 22.7 Å². The van der Waals surface area contributed by atoms with Gasteiger partial charge >= 0.3 is 19.3 Å². The summed E-state index contributed by atoms with van der Waals surface area (Å²) in [6, 6.07) is 13.4. The molecule has 1 aliphatic heterocycles. The van der Waals surface area contributed by atoms with E-state index in [1.807, 2.05) is 31.1 Å². The first-order chi connectivity index (χ1) is 19.6. The molecule has 0 fully saturated rings. The van der Waals surface area contributed by atoms with Crippen LogP contribution in [0.15, 0.2) is 76.5 Å². The first kappa shape index (κ1) is 30.3. The summed E-state index contributed by atoms with van der Waals surface area (Å²) in [5.74, 6) is -1.73. The predicted molar refractivity (Wildman–Crippen MR) is 152 cm³/mol. The Morgan fingerprint density at radius 3 is 2.05 bits per heavy atom. The number of ether oxygens (including phenoxy) is 2. The summed E-state index contributed by atoms with van der Waals surface area (Å²) in [4.78, 5) is 30.6. The molecule has 1 aromatic heterocycles. The lowest BCUT2D eigenvalue weighted by molar-refractivity contribution is -0.138. The van der Waals surface area contributed by atoms with Gasteiger partial charge in [-0.25, -0.2) is 14.6 Å². The van der Waals surface area contributed by atoms with Crippen LogP contribution in [0.25, 0.3) is 11.6 Å². The Kier molecular flexibility index (Phi) is 10.1.